The molecule has 1 amide bonds. The Hall–Kier alpha value is -2.09. The molecule has 0 atom stereocenters. The van der Waals surface area contributed by atoms with Gasteiger partial charge in [0.05, 0.1) is 0 Å². The number of aryl methyl sites for hydroxylation is 2. The van der Waals surface area contributed by atoms with Crippen molar-refractivity contribution in [2.45, 2.75) is 20.3 Å². The lowest BCUT2D eigenvalue weighted by atomic mass is 10.1. The number of hydrogen-bond donors (Lipinski definition) is 1. The van der Waals surface area contributed by atoms with Crippen LogP contribution < -0.4 is 5.32 Å². The molecule has 92 valence electrons. The summed E-state index contributed by atoms with van der Waals surface area (Å²) in [5, 5.41) is 2.92. The van der Waals surface area contributed by atoms with Crippen molar-refractivity contribution in [3.63, 3.8) is 0 Å². The SMILES string of the molecule is CCc1cccc(NC(=O)c2cccc(C)c2)c1. The van der Waals surface area contributed by atoms with Crippen LogP contribution in [-0.2, 0) is 6.42 Å². The Labute approximate surface area is 108 Å². The van der Waals surface area contributed by atoms with E-state index in [0.29, 0.717) is 5.56 Å². The summed E-state index contributed by atoms with van der Waals surface area (Å²) in [6.45, 7) is 4.08. The lowest BCUT2D eigenvalue weighted by Gasteiger charge is -2.07. The van der Waals surface area contributed by atoms with Crippen LogP contribution in [0, 0.1) is 6.92 Å². The summed E-state index contributed by atoms with van der Waals surface area (Å²) in [6.07, 6.45) is 0.966. The minimum Gasteiger partial charge on any atom is -0.322 e. The van der Waals surface area contributed by atoms with Crippen molar-refractivity contribution in [1.29, 1.82) is 0 Å². The number of benzene rings is 2. The number of nitrogens with one attached hydrogen (secondary N) is 1. The third-order valence-electron chi connectivity index (χ3n) is 2.87. The minimum atomic E-state index is -0.0630. The van der Waals surface area contributed by atoms with Crippen LogP contribution in [-0.4, -0.2) is 5.91 Å². The standard InChI is InChI=1S/C16H17NO/c1-3-13-7-5-9-15(11-13)17-16(18)14-8-4-6-12(2)10-14/h4-11H,3H2,1-2H3,(H,17,18). The summed E-state index contributed by atoms with van der Waals surface area (Å²) in [7, 11) is 0. The van der Waals surface area contributed by atoms with Crippen molar-refractivity contribution < 1.29 is 4.79 Å². The van der Waals surface area contributed by atoms with Crippen LogP contribution >= 0.6 is 0 Å². The van der Waals surface area contributed by atoms with Crippen LogP contribution in [0.15, 0.2) is 48.5 Å². The zero-order valence-corrected chi connectivity index (χ0v) is 10.7. The van der Waals surface area contributed by atoms with Crippen molar-refractivity contribution in [2.24, 2.45) is 0 Å². The molecule has 1 N–H and O–H groups in total. The molecule has 0 unspecified atom stereocenters. The van der Waals surface area contributed by atoms with E-state index in [-0.39, 0.29) is 5.91 Å². The highest BCUT2D eigenvalue weighted by Crippen LogP contribution is 2.13. The van der Waals surface area contributed by atoms with Crippen molar-refractivity contribution in [3.8, 4) is 0 Å². The van der Waals surface area contributed by atoms with E-state index in [1.165, 1.54) is 5.56 Å². The van der Waals surface area contributed by atoms with E-state index in [1.807, 2.05) is 49.4 Å². The second-order valence-electron chi connectivity index (χ2n) is 4.38. The van der Waals surface area contributed by atoms with Gasteiger partial charge in [-0.15, -0.1) is 0 Å². The lowest BCUT2D eigenvalue weighted by molar-refractivity contribution is 0.102. The highest BCUT2D eigenvalue weighted by atomic mass is 16.1. The van der Waals surface area contributed by atoms with Gasteiger partial charge in [0.25, 0.3) is 5.91 Å². The maximum atomic E-state index is 12.1. The second-order valence-corrected chi connectivity index (χ2v) is 4.38. The van der Waals surface area contributed by atoms with Gasteiger partial charge in [-0.05, 0) is 43.2 Å². The van der Waals surface area contributed by atoms with Gasteiger partial charge in [0, 0.05) is 11.3 Å². The Morgan fingerprint density at radius 1 is 1.11 bits per heavy atom. The molecular weight excluding hydrogens is 222 g/mol. The molecule has 2 rings (SSSR count). The van der Waals surface area contributed by atoms with Gasteiger partial charge in [-0.25, -0.2) is 0 Å². The molecular formula is C16H17NO. The van der Waals surface area contributed by atoms with Crippen molar-refractivity contribution >= 4 is 11.6 Å². The summed E-state index contributed by atoms with van der Waals surface area (Å²) in [4.78, 5) is 12.1. The molecule has 0 spiro atoms. The van der Waals surface area contributed by atoms with Gasteiger partial charge < -0.3 is 5.32 Å². The van der Waals surface area contributed by atoms with E-state index in [0.717, 1.165) is 17.7 Å². The Kier molecular flexibility index (Phi) is 3.78. The van der Waals surface area contributed by atoms with E-state index in [1.54, 1.807) is 0 Å². The second kappa shape index (κ2) is 5.50. The number of hydrogen-bond acceptors (Lipinski definition) is 1. The van der Waals surface area contributed by atoms with Crippen LogP contribution in [0.1, 0.15) is 28.4 Å². The normalized spacial score (nSPS) is 10.1. The first-order valence-corrected chi connectivity index (χ1v) is 6.16. The summed E-state index contributed by atoms with van der Waals surface area (Å²) in [5.74, 6) is -0.0630. The first-order chi connectivity index (χ1) is 8.69. The topological polar surface area (TPSA) is 29.1 Å². The van der Waals surface area contributed by atoms with E-state index in [9.17, 15) is 4.79 Å². The fraction of sp³-hybridized carbons (Fsp3) is 0.188. The Bertz CT molecular complexity index is 561. The summed E-state index contributed by atoms with van der Waals surface area (Å²) in [5.41, 5.74) is 3.85. The molecule has 0 heterocycles. The highest BCUT2D eigenvalue weighted by molar-refractivity contribution is 6.04. The molecule has 2 nitrogen and oxygen atoms in total. The largest absolute Gasteiger partial charge is 0.322 e. The molecule has 0 fully saturated rings. The zero-order valence-electron chi connectivity index (χ0n) is 10.7. The molecule has 0 aliphatic heterocycles. The first-order valence-electron chi connectivity index (χ1n) is 6.16. The molecule has 0 saturated heterocycles. The number of carbonyl (C=O) groups is 1. The van der Waals surface area contributed by atoms with Gasteiger partial charge in [0.1, 0.15) is 0 Å². The average molecular weight is 239 g/mol. The Balaban J connectivity index is 2.16. The van der Waals surface area contributed by atoms with Gasteiger partial charge >= 0.3 is 0 Å². The fourth-order valence-electron chi connectivity index (χ4n) is 1.86. The number of amides is 1. The monoisotopic (exact) mass is 239 g/mol. The minimum absolute atomic E-state index is 0.0630. The summed E-state index contributed by atoms with van der Waals surface area (Å²) >= 11 is 0. The zero-order chi connectivity index (χ0) is 13.0. The van der Waals surface area contributed by atoms with E-state index < -0.39 is 0 Å². The van der Waals surface area contributed by atoms with Crippen molar-refractivity contribution in [3.05, 3.63) is 65.2 Å². The predicted octanol–water partition coefficient (Wildman–Crippen LogP) is 3.81. The van der Waals surface area contributed by atoms with Crippen molar-refractivity contribution in [2.75, 3.05) is 5.32 Å². The van der Waals surface area contributed by atoms with Crippen molar-refractivity contribution in [1.82, 2.24) is 0 Å². The molecule has 2 aromatic rings. The molecule has 0 bridgehead atoms. The van der Waals surface area contributed by atoms with Gasteiger partial charge in [-0.1, -0.05) is 36.8 Å². The van der Waals surface area contributed by atoms with Crippen LogP contribution in [0.25, 0.3) is 0 Å². The van der Waals surface area contributed by atoms with Crippen LogP contribution in [0.3, 0.4) is 0 Å². The van der Waals surface area contributed by atoms with Gasteiger partial charge in [-0.3, -0.25) is 4.79 Å². The smallest absolute Gasteiger partial charge is 0.255 e. The summed E-state index contributed by atoms with van der Waals surface area (Å²) < 4.78 is 0. The summed E-state index contributed by atoms with van der Waals surface area (Å²) in [6, 6.07) is 15.5. The molecule has 0 aliphatic rings. The quantitative estimate of drug-likeness (QED) is 0.867. The molecule has 0 aromatic heterocycles. The van der Waals surface area contributed by atoms with Crippen LogP contribution in [0.5, 0.6) is 0 Å². The van der Waals surface area contributed by atoms with Gasteiger partial charge in [-0.2, -0.15) is 0 Å². The molecule has 0 radical (unpaired) electrons. The first kappa shape index (κ1) is 12.4. The third kappa shape index (κ3) is 2.98. The maximum Gasteiger partial charge on any atom is 0.255 e. The molecule has 18 heavy (non-hydrogen) atoms. The van der Waals surface area contributed by atoms with Crippen LogP contribution in [0.4, 0.5) is 5.69 Å². The molecule has 0 aliphatic carbocycles. The average Bonchev–Trinajstić information content (AvgIpc) is 2.39. The number of carbonyl (C=O) groups excluding carboxylic acids is 1. The van der Waals surface area contributed by atoms with E-state index >= 15 is 0 Å². The molecule has 2 heteroatoms. The van der Waals surface area contributed by atoms with Gasteiger partial charge in [0.2, 0.25) is 0 Å². The third-order valence-corrected chi connectivity index (χ3v) is 2.87. The molecule has 0 saturated carbocycles. The Morgan fingerprint density at radius 3 is 2.61 bits per heavy atom. The molecule has 2 aromatic carbocycles. The fourth-order valence-corrected chi connectivity index (χ4v) is 1.86. The van der Waals surface area contributed by atoms with Crippen LogP contribution in [0.2, 0.25) is 0 Å². The van der Waals surface area contributed by atoms with Gasteiger partial charge in [0.15, 0.2) is 0 Å². The maximum absolute atomic E-state index is 12.1. The lowest BCUT2D eigenvalue weighted by Crippen LogP contribution is -2.12. The van der Waals surface area contributed by atoms with E-state index in [4.69, 9.17) is 0 Å². The number of anilines is 1. The Morgan fingerprint density at radius 2 is 1.89 bits per heavy atom. The predicted molar refractivity (Wildman–Crippen MR) is 75.0 cm³/mol. The van der Waals surface area contributed by atoms with E-state index in [2.05, 4.69) is 18.3 Å². The highest BCUT2D eigenvalue weighted by Gasteiger charge is 2.05. The number of rotatable bonds is 3.